The number of rotatable bonds is 4. The van der Waals surface area contributed by atoms with Gasteiger partial charge in [0.05, 0.1) is 18.8 Å². The van der Waals surface area contributed by atoms with Crippen LogP contribution in [-0.4, -0.2) is 79.2 Å². The lowest BCUT2D eigenvalue weighted by atomic mass is 10.2. The van der Waals surface area contributed by atoms with Crippen LogP contribution in [0, 0.1) is 0 Å². The van der Waals surface area contributed by atoms with Crippen molar-refractivity contribution in [2.24, 2.45) is 10.7 Å². The van der Waals surface area contributed by atoms with Gasteiger partial charge in [-0.3, -0.25) is 9.89 Å². The fourth-order valence-electron chi connectivity index (χ4n) is 2.71. The fraction of sp³-hybridized carbons (Fsp3) is 0.667. The van der Waals surface area contributed by atoms with Gasteiger partial charge in [-0.25, -0.2) is 4.79 Å². The van der Waals surface area contributed by atoms with E-state index in [1.54, 1.807) is 11.2 Å². The molecule has 0 aromatic carbocycles. The van der Waals surface area contributed by atoms with Gasteiger partial charge in [0, 0.05) is 26.2 Å². The van der Waals surface area contributed by atoms with E-state index in [-0.39, 0.29) is 12.1 Å². The summed E-state index contributed by atoms with van der Waals surface area (Å²) in [7, 11) is 3.97. The average Bonchev–Trinajstić information content (AvgIpc) is 3.07. The second kappa shape index (κ2) is 8.44. The number of amides is 1. The number of carbonyl (C=O) groups excluding carboxylic acids is 1. The second-order valence-electron chi connectivity index (χ2n) is 7.65. The Kier molecular flexibility index (Phi) is 6.52. The molecule has 146 valence electrons. The van der Waals surface area contributed by atoms with Crippen LogP contribution in [0.2, 0.25) is 0 Å². The van der Waals surface area contributed by atoms with Crippen LogP contribution in [-0.2, 0) is 4.74 Å². The largest absolute Gasteiger partial charge is 0.468 e. The van der Waals surface area contributed by atoms with Gasteiger partial charge in [-0.2, -0.15) is 0 Å². The van der Waals surface area contributed by atoms with Crippen LogP contribution in [0.15, 0.2) is 27.8 Å². The van der Waals surface area contributed by atoms with Gasteiger partial charge in [-0.05, 0) is 47.0 Å². The van der Waals surface area contributed by atoms with Crippen molar-refractivity contribution in [1.29, 1.82) is 0 Å². The van der Waals surface area contributed by atoms with Gasteiger partial charge in [0.1, 0.15) is 11.4 Å². The number of nitrogens with two attached hydrogens (primary N) is 1. The van der Waals surface area contributed by atoms with Crippen molar-refractivity contribution in [3.8, 4) is 0 Å². The number of guanidine groups is 1. The third-order valence-corrected chi connectivity index (χ3v) is 4.18. The van der Waals surface area contributed by atoms with E-state index in [4.69, 9.17) is 14.9 Å². The molecule has 0 radical (unpaired) electrons. The van der Waals surface area contributed by atoms with Gasteiger partial charge < -0.3 is 24.7 Å². The molecule has 1 saturated heterocycles. The van der Waals surface area contributed by atoms with E-state index in [1.165, 1.54) is 0 Å². The normalized spacial score (nSPS) is 17.5. The molecule has 2 N–H and O–H groups in total. The molecule has 1 aliphatic heterocycles. The van der Waals surface area contributed by atoms with Gasteiger partial charge in [0.15, 0.2) is 5.96 Å². The Morgan fingerprint density at radius 3 is 2.42 bits per heavy atom. The van der Waals surface area contributed by atoms with Crippen LogP contribution in [0.1, 0.15) is 32.6 Å². The molecule has 0 aliphatic carbocycles. The molecule has 0 spiro atoms. The van der Waals surface area contributed by atoms with Crippen LogP contribution in [0.4, 0.5) is 4.79 Å². The summed E-state index contributed by atoms with van der Waals surface area (Å²) in [5, 5.41) is 0. The van der Waals surface area contributed by atoms with Crippen LogP contribution in [0.5, 0.6) is 0 Å². The van der Waals surface area contributed by atoms with Gasteiger partial charge in [0.2, 0.25) is 0 Å². The molecule has 8 nitrogen and oxygen atoms in total. The summed E-state index contributed by atoms with van der Waals surface area (Å²) in [6, 6.07) is 3.84. The molecule has 1 aromatic rings. The van der Waals surface area contributed by atoms with Crippen molar-refractivity contribution >= 4 is 12.1 Å². The minimum absolute atomic E-state index is 0.0339. The molecular formula is C18H31N5O3. The Labute approximate surface area is 155 Å². The Hall–Kier alpha value is -2.22. The number of ether oxygens (including phenoxy) is 1. The smallest absolute Gasteiger partial charge is 0.410 e. The highest BCUT2D eigenvalue weighted by Gasteiger charge is 2.26. The summed E-state index contributed by atoms with van der Waals surface area (Å²) in [5.74, 6) is 1.36. The predicted octanol–water partition coefficient (Wildman–Crippen LogP) is 1.75. The van der Waals surface area contributed by atoms with Crippen molar-refractivity contribution < 1.29 is 13.9 Å². The van der Waals surface area contributed by atoms with E-state index < -0.39 is 5.60 Å². The lowest BCUT2D eigenvalue weighted by Gasteiger charge is -2.36. The summed E-state index contributed by atoms with van der Waals surface area (Å²) in [6.07, 6.45) is 1.38. The van der Waals surface area contributed by atoms with Crippen molar-refractivity contribution in [3.05, 3.63) is 24.2 Å². The van der Waals surface area contributed by atoms with Crippen LogP contribution in [0.3, 0.4) is 0 Å². The molecule has 2 heterocycles. The number of nitrogens with zero attached hydrogens (tertiary/aromatic N) is 4. The van der Waals surface area contributed by atoms with Crippen molar-refractivity contribution in [3.63, 3.8) is 0 Å². The maximum atomic E-state index is 12.1. The molecular weight excluding hydrogens is 334 g/mol. The zero-order chi connectivity index (χ0) is 19.3. The van der Waals surface area contributed by atoms with E-state index >= 15 is 0 Å². The number of hydrogen-bond acceptors (Lipinski definition) is 5. The lowest BCUT2D eigenvalue weighted by molar-refractivity contribution is 0.0186. The Morgan fingerprint density at radius 1 is 1.31 bits per heavy atom. The topological polar surface area (TPSA) is 87.5 Å². The number of aliphatic imine (C=N–C) groups is 1. The first-order valence-corrected chi connectivity index (χ1v) is 8.90. The monoisotopic (exact) mass is 365 g/mol. The summed E-state index contributed by atoms with van der Waals surface area (Å²) in [5.41, 5.74) is 5.68. The number of carbonyl (C=O) groups is 1. The van der Waals surface area contributed by atoms with Gasteiger partial charge in [-0.1, -0.05) is 0 Å². The highest BCUT2D eigenvalue weighted by atomic mass is 16.6. The van der Waals surface area contributed by atoms with Crippen molar-refractivity contribution in [2.45, 2.75) is 32.4 Å². The van der Waals surface area contributed by atoms with Crippen LogP contribution in [0.25, 0.3) is 0 Å². The molecule has 26 heavy (non-hydrogen) atoms. The zero-order valence-electron chi connectivity index (χ0n) is 16.4. The minimum atomic E-state index is -0.484. The molecule has 1 amide bonds. The summed E-state index contributed by atoms with van der Waals surface area (Å²) >= 11 is 0. The summed E-state index contributed by atoms with van der Waals surface area (Å²) < 4.78 is 10.9. The highest BCUT2D eigenvalue weighted by molar-refractivity contribution is 5.78. The molecule has 2 rings (SSSR count). The number of piperazine rings is 1. The average molecular weight is 365 g/mol. The predicted molar refractivity (Wildman–Crippen MR) is 101 cm³/mol. The molecule has 0 bridgehead atoms. The Balaban J connectivity index is 1.88. The lowest BCUT2D eigenvalue weighted by Crippen LogP contribution is -2.53. The maximum absolute atomic E-state index is 12.1. The zero-order valence-corrected chi connectivity index (χ0v) is 16.4. The summed E-state index contributed by atoms with van der Waals surface area (Å²) in [4.78, 5) is 22.4. The van der Waals surface area contributed by atoms with E-state index in [0.717, 1.165) is 5.76 Å². The molecule has 1 aliphatic rings. The SMILES string of the molecule is CN(C)C(CN=C(N)N1CCN(C(=O)OC(C)(C)C)CC1)c1ccco1. The Bertz CT molecular complexity index is 599. The standard InChI is InChI=1S/C18H31N5O3/c1-18(2,3)26-17(24)23-10-8-22(9-11-23)16(19)20-13-14(21(4)5)15-7-6-12-25-15/h6-7,12,14H,8-11,13H2,1-5H3,(H2,19,20). The van der Waals surface area contributed by atoms with E-state index in [0.29, 0.717) is 38.7 Å². The molecule has 1 fully saturated rings. The number of furan rings is 1. The minimum Gasteiger partial charge on any atom is -0.468 e. The quantitative estimate of drug-likeness (QED) is 0.646. The second-order valence-corrected chi connectivity index (χ2v) is 7.65. The number of hydrogen-bond donors (Lipinski definition) is 1. The molecule has 8 heteroatoms. The van der Waals surface area contributed by atoms with E-state index in [2.05, 4.69) is 9.89 Å². The van der Waals surface area contributed by atoms with Crippen LogP contribution >= 0.6 is 0 Å². The highest BCUT2D eigenvalue weighted by Crippen LogP contribution is 2.19. The molecule has 1 atom stereocenters. The molecule has 0 saturated carbocycles. The number of likely N-dealkylation sites (N-methyl/N-ethyl adjacent to an activating group) is 1. The van der Waals surface area contributed by atoms with E-state index in [9.17, 15) is 4.79 Å². The van der Waals surface area contributed by atoms with E-state index in [1.807, 2.05) is 51.9 Å². The Morgan fingerprint density at radius 2 is 1.92 bits per heavy atom. The third-order valence-electron chi connectivity index (χ3n) is 4.18. The van der Waals surface area contributed by atoms with Gasteiger partial charge >= 0.3 is 6.09 Å². The maximum Gasteiger partial charge on any atom is 0.410 e. The van der Waals surface area contributed by atoms with Crippen molar-refractivity contribution in [1.82, 2.24) is 14.7 Å². The first kappa shape index (κ1) is 20.1. The summed E-state index contributed by atoms with van der Waals surface area (Å²) in [6.45, 7) is 8.54. The fourth-order valence-corrected chi connectivity index (χ4v) is 2.71. The first-order valence-electron chi connectivity index (χ1n) is 8.90. The van der Waals surface area contributed by atoms with Gasteiger partial charge in [0.25, 0.3) is 0 Å². The molecule has 1 aromatic heterocycles. The first-order chi connectivity index (χ1) is 12.2. The van der Waals surface area contributed by atoms with Crippen molar-refractivity contribution in [2.75, 3.05) is 46.8 Å². The van der Waals surface area contributed by atoms with Gasteiger partial charge in [-0.15, -0.1) is 0 Å². The third kappa shape index (κ3) is 5.66. The molecule has 1 unspecified atom stereocenters. The van der Waals surface area contributed by atoms with Crippen LogP contribution < -0.4 is 5.73 Å².